The summed E-state index contributed by atoms with van der Waals surface area (Å²) in [5, 5.41) is 5.86. The molecular formula is C12H13Cl2NO4S2. The van der Waals surface area contributed by atoms with Crippen molar-refractivity contribution in [3.05, 3.63) is 18.2 Å². The van der Waals surface area contributed by atoms with Crippen LogP contribution >= 0.6 is 34.5 Å². The molecule has 0 unspecified atom stereocenters. The number of ether oxygens (including phenoxy) is 2. The van der Waals surface area contributed by atoms with Gasteiger partial charge in [0.2, 0.25) is 10.0 Å². The van der Waals surface area contributed by atoms with Crippen LogP contribution in [-0.4, -0.2) is 33.4 Å². The Morgan fingerprint density at radius 3 is 2.14 bits per heavy atom. The van der Waals surface area contributed by atoms with Crippen LogP contribution in [0.2, 0.25) is 0 Å². The number of benzene rings is 1. The topological polar surface area (TPSA) is 78.6 Å². The number of fused-ring (bicyclic) bond motifs is 1. The van der Waals surface area contributed by atoms with Gasteiger partial charge in [0.25, 0.3) is 0 Å². The lowest BCUT2D eigenvalue weighted by atomic mass is 10.2. The summed E-state index contributed by atoms with van der Waals surface area (Å²) in [6.45, 7) is 0.633. The molecule has 1 aromatic carbocycles. The van der Waals surface area contributed by atoms with Gasteiger partial charge in [-0.3, -0.25) is 0 Å². The second-order valence-corrected chi connectivity index (χ2v) is 7.65. The molecule has 2 rings (SSSR count). The number of nitrogens with two attached hydrogens (primary N) is 1. The van der Waals surface area contributed by atoms with E-state index in [1.807, 2.05) is 0 Å². The molecule has 9 heteroatoms. The van der Waals surface area contributed by atoms with Gasteiger partial charge in [0.15, 0.2) is 11.5 Å². The molecule has 0 fully saturated rings. The third kappa shape index (κ3) is 4.14. The second kappa shape index (κ2) is 7.02. The minimum Gasteiger partial charge on any atom is -0.488 e. The van der Waals surface area contributed by atoms with Gasteiger partial charge < -0.3 is 9.47 Å². The molecule has 0 aliphatic carbocycles. The van der Waals surface area contributed by atoms with Gasteiger partial charge in [0, 0.05) is 10.8 Å². The molecule has 1 heterocycles. The Balaban J connectivity index is 2.47. The van der Waals surface area contributed by atoms with Crippen molar-refractivity contribution in [3.8, 4) is 11.5 Å². The third-order valence-corrected chi connectivity index (χ3v) is 5.34. The molecule has 116 valence electrons. The molecule has 0 aliphatic rings. The van der Waals surface area contributed by atoms with E-state index in [4.69, 9.17) is 37.8 Å². The molecule has 1 aromatic heterocycles. The van der Waals surface area contributed by atoms with E-state index in [1.165, 1.54) is 6.07 Å². The van der Waals surface area contributed by atoms with Gasteiger partial charge in [-0.2, -0.15) is 0 Å². The summed E-state index contributed by atoms with van der Waals surface area (Å²) < 4.78 is 34.7. The standard InChI is InChI=1S/C12H13Cl2NO4S2/c13-1-3-18-9-5-8-6-12(21(15,16)17)20-11(8)7-10(9)19-4-2-14/h5-7H,1-4H2,(H2,15,16,17). The fourth-order valence-corrected chi connectivity index (χ4v) is 3.67. The zero-order valence-corrected chi connectivity index (χ0v) is 14.0. The maximum atomic E-state index is 11.4. The molecule has 21 heavy (non-hydrogen) atoms. The fourth-order valence-electron chi connectivity index (χ4n) is 1.69. The maximum absolute atomic E-state index is 11.4. The quantitative estimate of drug-likeness (QED) is 0.761. The number of halogens is 2. The van der Waals surface area contributed by atoms with Gasteiger partial charge >= 0.3 is 0 Å². The Morgan fingerprint density at radius 2 is 1.62 bits per heavy atom. The van der Waals surface area contributed by atoms with E-state index >= 15 is 0 Å². The molecule has 0 bridgehead atoms. The molecule has 2 aromatic rings. The zero-order chi connectivity index (χ0) is 15.5. The first-order valence-corrected chi connectivity index (χ1v) is 9.37. The van der Waals surface area contributed by atoms with Gasteiger partial charge in [0.1, 0.15) is 17.4 Å². The first kappa shape index (κ1) is 16.6. The number of primary sulfonamides is 1. The van der Waals surface area contributed by atoms with Crippen molar-refractivity contribution in [2.24, 2.45) is 5.14 Å². The highest BCUT2D eigenvalue weighted by Crippen LogP contribution is 2.37. The van der Waals surface area contributed by atoms with E-state index in [0.29, 0.717) is 41.9 Å². The molecule has 0 aliphatic heterocycles. The average Bonchev–Trinajstić information content (AvgIpc) is 2.85. The molecule has 0 amide bonds. The minimum absolute atomic E-state index is 0.0929. The number of rotatable bonds is 7. The van der Waals surface area contributed by atoms with Crippen LogP contribution in [0.4, 0.5) is 0 Å². The summed E-state index contributed by atoms with van der Waals surface area (Å²) in [7, 11) is -3.73. The van der Waals surface area contributed by atoms with Crippen molar-refractivity contribution in [3.63, 3.8) is 0 Å². The van der Waals surface area contributed by atoms with Crippen LogP contribution in [0.5, 0.6) is 11.5 Å². The highest BCUT2D eigenvalue weighted by molar-refractivity contribution is 7.91. The summed E-state index contributed by atoms with van der Waals surface area (Å²) in [5.41, 5.74) is 0. The SMILES string of the molecule is NS(=O)(=O)c1cc2cc(OCCCl)c(OCCCl)cc2s1. The summed E-state index contributed by atoms with van der Waals surface area (Å²) in [6, 6.07) is 4.93. The molecule has 0 spiro atoms. The van der Waals surface area contributed by atoms with Crippen molar-refractivity contribution < 1.29 is 17.9 Å². The molecule has 5 nitrogen and oxygen atoms in total. The summed E-state index contributed by atoms with van der Waals surface area (Å²) >= 11 is 12.3. The van der Waals surface area contributed by atoms with Gasteiger partial charge in [-0.25, -0.2) is 13.6 Å². The predicted octanol–water partition coefficient (Wildman–Crippen LogP) is 2.78. The van der Waals surface area contributed by atoms with Gasteiger partial charge in [0.05, 0.1) is 11.8 Å². The monoisotopic (exact) mass is 369 g/mol. The summed E-state index contributed by atoms with van der Waals surface area (Å²) in [5.74, 6) is 1.65. The lowest BCUT2D eigenvalue weighted by molar-refractivity contribution is 0.291. The van der Waals surface area contributed by atoms with Crippen molar-refractivity contribution in [1.82, 2.24) is 0 Å². The van der Waals surface area contributed by atoms with E-state index < -0.39 is 10.0 Å². The lowest BCUT2D eigenvalue weighted by Gasteiger charge is -2.11. The highest BCUT2D eigenvalue weighted by atomic mass is 35.5. The third-order valence-electron chi connectivity index (χ3n) is 2.51. The Labute approximate surface area is 136 Å². The Kier molecular flexibility index (Phi) is 5.56. The van der Waals surface area contributed by atoms with E-state index in [9.17, 15) is 8.42 Å². The number of hydrogen-bond acceptors (Lipinski definition) is 5. The van der Waals surface area contributed by atoms with Crippen molar-refractivity contribution >= 4 is 54.6 Å². The van der Waals surface area contributed by atoms with Crippen molar-refractivity contribution in [1.29, 1.82) is 0 Å². The molecule has 0 atom stereocenters. The first-order valence-electron chi connectivity index (χ1n) is 5.93. The second-order valence-electron chi connectivity index (χ2n) is 4.02. The van der Waals surface area contributed by atoms with Gasteiger partial charge in [-0.1, -0.05) is 0 Å². The first-order chi connectivity index (χ1) is 9.95. The van der Waals surface area contributed by atoms with Crippen molar-refractivity contribution in [2.45, 2.75) is 4.21 Å². The van der Waals surface area contributed by atoms with Crippen LogP contribution in [0.15, 0.2) is 22.4 Å². The Morgan fingerprint density at radius 1 is 1.05 bits per heavy atom. The maximum Gasteiger partial charge on any atom is 0.247 e. The number of sulfonamides is 1. The van der Waals surface area contributed by atoms with Crippen LogP contribution in [-0.2, 0) is 10.0 Å². The van der Waals surface area contributed by atoms with Gasteiger partial charge in [-0.05, 0) is 17.5 Å². The van der Waals surface area contributed by atoms with Crippen LogP contribution in [0.3, 0.4) is 0 Å². The van der Waals surface area contributed by atoms with E-state index in [1.54, 1.807) is 12.1 Å². The molecule has 2 N–H and O–H groups in total. The van der Waals surface area contributed by atoms with E-state index in [0.717, 1.165) is 16.0 Å². The normalized spacial score (nSPS) is 11.8. The number of thiophene rings is 1. The minimum atomic E-state index is -3.73. The summed E-state index contributed by atoms with van der Waals surface area (Å²) in [4.78, 5) is 0. The van der Waals surface area contributed by atoms with Gasteiger partial charge in [-0.15, -0.1) is 34.5 Å². The lowest BCUT2D eigenvalue weighted by Crippen LogP contribution is -2.09. The van der Waals surface area contributed by atoms with Crippen LogP contribution < -0.4 is 14.6 Å². The smallest absolute Gasteiger partial charge is 0.247 e. The molecule has 0 radical (unpaired) electrons. The molecular weight excluding hydrogens is 357 g/mol. The fraction of sp³-hybridized carbons (Fsp3) is 0.333. The van der Waals surface area contributed by atoms with E-state index in [-0.39, 0.29) is 4.21 Å². The zero-order valence-electron chi connectivity index (χ0n) is 10.8. The largest absolute Gasteiger partial charge is 0.488 e. The Bertz CT molecular complexity index is 685. The van der Waals surface area contributed by atoms with Crippen LogP contribution in [0.25, 0.3) is 10.1 Å². The van der Waals surface area contributed by atoms with Crippen LogP contribution in [0.1, 0.15) is 0 Å². The summed E-state index contributed by atoms with van der Waals surface area (Å²) in [6.07, 6.45) is 0. The molecule has 0 saturated heterocycles. The highest BCUT2D eigenvalue weighted by Gasteiger charge is 2.15. The average molecular weight is 370 g/mol. The predicted molar refractivity (Wildman–Crippen MR) is 85.6 cm³/mol. The van der Waals surface area contributed by atoms with Crippen molar-refractivity contribution in [2.75, 3.05) is 25.0 Å². The van der Waals surface area contributed by atoms with E-state index in [2.05, 4.69) is 0 Å². The number of hydrogen-bond donors (Lipinski definition) is 1. The number of alkyl halides is 2. The Hall–Kier alpha value is -0.730. The van der Waals surface area contributed by atoms with Crippen LogP contribution in [0, 0.1) is 0 Å². The molecule has 0 saturated carbocycles.